The Bertz CT molecular complexity index is 947. The van der Waals surface area contributed by atoms with E-state index in [1.54, 1.807) is 20.8 Å². The molecule has 2 N–H and O–H groups in total. The summed E-state index contributed by atoms with van der Waals surface area (Å²) in [6.07, 6.45) is -2.89. The minimum atomic E-state index is -3.86. The van der Waals surface area contributed by atoms with Crippen LogP contribution in [0.1, 0.15) is 40.8 Å². The van der Waals surface area contributed by atoms with E-state index in [9.17, 15) is 14.3 Å². The molecule has 3 heterocycles. The second-order valence-electron chi connectivity index (χ2n) is 7.69. The Hall–Kier alpha value is -1.68. The van der Waals surface area contributed by atoms with E-state index in [4.69, 9.17) is 9.26 Å². The van der Waals surface area contributed by atoms with Gasteiger partial charge < -0.3 is 14.2 Å². The van der Waals surface area contributed by atoms with Crippen molar-refractivity contribution in [2.24, 2.45) is 11.8 Å². The van der Waals surface area contributed by atoms with Crippen LogP contribution in [0.5, 0.6) is 0 Å². The van der Waals surface area contributed by atoms with Gasteiger partial charge in [0.2, 0.25) is 0 Å². The van der Waals surface area contributed by atoms with Crippen LogP contribution < -0.4 is 5.56 Å². The molecule has 3 rings (SSSR count). The minimum absolute atomic E-state index is 0.0271. The summed E-state index contributed by atoms with van der Waals surface area (Å²) in [7, 11) is -3.86. The Balaban J connectivity index is 1.94. The number of rotatable bonds is 6. The van der Waals surface area contributed by atoms with Gasteiger partial charge in [0.15, 0.2) is 23.6 Å². The summed E-state index contributed by atoms with van der Waals surface area (Å²) >= 11 is 0. The van der Waals surface area contributed by atoms with Crippen LogP contribution in [0.2, 0.25) is 0 Å². The largest absolute Gasteiger partial charge is 0.348 e. The van der Waals surface area contributed by atoms with E-state index >= 15 is 4.39 Å². The van der Waals surface area contributed by atoms with Crippen molar-refractivity contribution in [2.75, 3.05) is 0 Å². The molecular weight excluding hydrogens is 392 g/mol. The molecule has 1 aliphatic rings. The fourth-order valence-electron chi connectivity index (χ4n) is 3.48. The number of hydrogen-bond donors (Lipinski definition) is 2. The molecular formula is C16H25FN5O5P. The zero-order chi connectivity index (χ0) is 20.8. The predicted octanol–water partition coefficient (Wildman–Crippen LogP) is 2.02. The number of aromatic amines is 1. The topological polar surface area (TPSA) is 132 Å². The highest BCUT2D eigenvalue weighted by Crippen LogP contribution is 2.51. The van der Waals surface area contributed by atoms with Crippen molar-refractivity contribution in [2.45, 2.75) is 64.9 Å². The molecule has 0 amide bonds. The normalized spacial score (nSPS) is 28.9. The molecule has 12 heteroatoms. The molecule has 1 saturated heterocycles. The maximum absolute atomic E-state index is 15.4. The molecule has 28 heavy (non-hydrogen) atoms. The van der Waals surface area contributed by atoms with Gasteiger partial charge in [-0.3, -0.25) is 13.9 Å². The van der Waals surface area contributed by atoms with Crippen molar-refractivity contribution >= 4 is 18.8 Å². The molecule has 0 spiro atoms. The second kappa shape index (κ2) is 7.62. The van der Waals surface area contributed by atoms with Crippen LogP contribution in [0.3, 0.4) is 0 Å². The Kier molecular flexibility index (Phi) is 5.73. The van der Waals surface area contributed by atoms with Gasteiger partial charge in [0.05, 0.1) is 24.2 Å². The molecule has 2 aromatic rings. The van der Waals surface area contributed by atoms with Gasteiger partial charge in [-0.1, -0.05) is 32.9 Å². The first-order chi connectivity index (χ1) is 13.0. The first kappa shape index (κ1) is 21.0. The summed E-state index contributed by atoms with van der Waals surface area (Å²) in [4.78, 5) is 25.8. The quantitative estimate of drug-likeness (QED) is 0.682. The highest BCUT2D eigenvalue weighted by molar-refractivity contribution is 7.53. The Labute approximate surface area is 161 Å². The number of nitrogens with zero attached hydrogens (tertiary/aromatic N) is 4. The summed E-state index contributed by atoms with van der Waals surface area (Å²) in [5.41, 5.74) is -1.00. The lowest BCUT2D eigenvalue weighted by atomic mass is 9.85. The number of H-pyrrole nitrogens is 1. The van der Waals surface area contributed by atoms with E-state index in [0.717, 1.165) is 0 Å². The van der Waals surface area contributed by atoms with Gasteiger partial charge in [0.1, 0.15) is 0 Å². The van der Waals surface area contributed by atoms with Crippen LogP contribution >= 0.6 is 7.60 Å². The number of imidazole rings is 1. The Morgan fingerprint density at radius 3 is 2.64 bits per heavy atom. The van der Waals surface area contributed by atoms with Crippen LogP contribution in [0.15, 0.2) is 11.1 Å². The van der Waals surface area contributed by atoms with Crippen molar-refractivity contribution < 1.29 is 23.1 Å². The van der Waals surface area contributed by atoms with Crippen molar-refractivity contribution in [3.05, 3.63) is 16.7 Å². The van der Waals surface area contributed by atoms with Gasteiger partial charge in [-0.05, 0) is 12.8 Å². The van der Waals surface area contributed by atoms with Gasteiger partial charge in [-0.25, -0.2) is 14.5 Å². The number of halogens is 1. The van der Waals surface area contributed by atoms with Crippen LogP contribution in [-0.4, -0.2) is 53.9 Å². The third-order valence-electron chi connectivity index (χ3n) is 5.07. The number of hydrogen-bond acceptors (Lipinski definition) is 7. The van der Waals surface area contributed by atoms with Gasteiger partial charge >= 0.3 is 7.60 Å². The standard InChI is InChI=1S/C16H25FN5O5P/c1-7(2)10-11(17)16(22-6-18-12-14(22)19-21-20-15(12)23)26-13(10)9(5)27-28(24,25)8(3)4/h6-11,13,16H,1-5H3,(H,24,25)(H,19,20,23). The first-order valence-electron chi connectivity index (χ1n) is 9.13. The summed E-state index contributed by atoms with van der Waals surface area (Å²) < 4.78 is 40.3. The van der Waals surface area contributed by atoms with Crippen LogP contribution in [0.25, 0.3) is 11.2 Å². The van der Waals surface area contributed by atoms with E-state index < -0.39 is 49.3 Å². The molecule has 0 aromatic carbocycles. The number of nitrogens with one attached hydrogen (secondary N) is 1. The van der Waals surface area contributed by atoms with E-state index in [2.05, 4.69) is 20.4 Å². The molecule has 1 aliphatic heterocycles. The zero-order valence-corrected chi connectivity index (χ0v) is 17.2. The van der Waals surface area contributed by atoms with Gasteiger partial charge in [-0.15, -0.1) is 5.10 Å². The van der Waals surface area contributed by atoms with Crippen molar-refractivity contribution in [1.29, 1.82) is 0 Å². The summed E-state index contributed by atoms with van der Waals surface area (Å²) in [5, 5.41) is 9.51. The average Bonchev–Trinajstić information content (AvgIpc) is 3.16. The Morgan fingerprint density at radius 1 is 1.36 bits per heavy atom. The SMILES string of the molecule is CC(C)C1C(F)C(n2cnc3c(=O)[nH]nnc32)OC1C(C)OP(=O)(O)C(C)C. The molecule has 0 radical (unpaired) electrons. The maximum Gasteiger partial charge on any atom is 0.330 e. The lowest BCUT2D eigenvalue weighted by Crippen LogP contribution is -2.36. The molecule has 6 unspecified atom stereocenters. The monoisotopic (exact) mass is 417 g/mol. The maximum atomic E-state index is 15.4. The number of aromatic nitrogens is 5. The van der Waals surface area contributed by atoms with E-state index in [1.165, 1.54) is 10.9 Å². The van der Waals surface area contributed by atoms with E-state index in [-0.39, 0.29) is 17.1 Å². The number of alkyl halides is 1. The van der Waals surface area contributed by atoms with E-state index in [0.29, 0.717) is 0 Å². The summed E-state index contributed by atoms with van der Waals surface area (Å²) in [6.45, 7) is 8.45. The van der Waals surface area contributed by atoms with Crippen molar-refractivity contribution in [1.82, 2.24) is 25.0 Å². The molecule has 6 atom stereocenters. The third kappa shape index (κ3) is 3.63. The summed E-state index contributed by atoms with van der Waals surface area (Å²) in [5.74, 6) is -0.725. The summed E-state index contributed by atoms with van der Waals surface area (Å²) in [6, 6.07) is 0. The van der Waals surface area contributed by atoms with Crippen molar-refractivity contribution in [3.63, 3.8) is 0 Å². The number of ether oxygens (including phenoxy) is 1. The molecule has 0 bridgehead atoms. The molecule has 156 valence electrons. The fraction of sp³-hybridized carbons (Fsp3) is 0.750. The molecule has 0 aliphatic carbocycles. The molecule has 1 fully saturated rings. The predicted molar refractivity (Wildman–Crippen MR) is 98.6 cm³/mol. The van der Waals surface area contributed by atoms with Crippen LogP contribution in [-0.2, 0) is 13.8 Å². The molecule has 2 aromatic heterocycles. The number of fused-ring (bicyclic) bond motifs is 1. The highest BCUT2D eigenvalue weighted by Gasteiger charge is 2.51. The fourth-order valence-corrected chi connectivity index (χ4v) is 4.32. The second-order valence-corrected chi connectivity index (χ2v) is 10.1. The first-order valence-corrected chi connectivity index (χ1v) is 10.8. The Morgan fingerprint density at radius 2 is 2.04 bits per heavy atom. The average molecular weight is 417 g/mol. The van der Waals surface area contributed by atoms with Gasteiger partial charge in [0, 0.05) is 5.92 Å². The van der Waals surface area contributed by atoms with Crippen LogP contribution in [0.4, 0.5) is 4.39 Å². The molecule has 0 saturated carbocycles. The smallest absolute Gasteiger partial charge is 0.330 e. The van der Waals surface area contributed by atoms with E-state index in [1.807, 2.05) is 13.8 Å². The van der Waals surface area contributed by atoms with Gasteiger partial charge in [-0.2, -0.15) is 0 Å². The third-order valence-corrected chi connectivity index (χ3v) is 7.01. The lowest BCUT2D eigenvalue weighted by molar-refractivity contribution is -0.0637. The highest BCUT2D eigenvalue weighted by atomic mass is 31.2. The van der Waals surface area contributed by atoms with Crippen molar-refractivity contribution in [3.8, 4) is 0 Å². The zero-order valence-electron chi connectivity index (χ0n) is 16.3. The lowest BCUT2D eigenvalue weighted by Gasteiger charge is -2.29. The molecule has 10 nitrogen and oxygen atoms in total. The minimum Gasteiger partial charge on any atom is -0.348 e. The van der Waals surface area contributed by atoms with Crippen LogP contribution in [0, 0.1) is 11.8 Å². The van der Waals surface area contributed by atoms with Gasteiger partial charge in [0.25, 0.3) is 5.56 Å².